The molecule has 0 unspecified atom stereocenters. The van der Waals surface area contributed by atoms with Crippen LogP contribution in [0.1, 0.15) is 52.8 Å². The van der Waals surface area contributed by atoms with Crippen molar-refractivity contribution in [2.75, 3.05) is 26.8 Å². The normalized spacial score (nSPS) is 10.4. The summed E-state index contributed by atoms with van der Waals surface area (Å²) in [6.45, 7) is -0.630. The maximum Gasteiger partial charge on any atom is 0.251 e. The van der Waals surface area contributed by atoms with Gasteiger partial charge in [-0.05, 0) is 61.4 Å². The number of carbonyl (C=O) groups is 2. The molecule has 2 N–H and O–H groups in total. The Bertz CT molecular complexity index is 731. The molecule has 0 aromatic heterocycles. The van der Waals surface area contributed by atoms with Gasteiger partial charge in [0.1, 0.15) is 11.5 Å². The quantitative estimate of drug-likeness (QED) is 0.432. The van der Waals surface area contributed by atoms with Crippen molar-refractivity contribution < 1.29 is 27.8 Å². The van der Waals surface area contributed by atoms with Crippen molar-refractivity contribution >= 4 is 11.8 Å². The number of ether oxygens (including phenoxy) is 2. The minimum absolute atomic E-state index is 0.168. The monoisotopic (exact) mass is 434 g/mol. The van der Waals surface area contributed by atoms with Crippen molar-refractivity contribution in [3.8, 4) is 11.5 Å². The van der Waals surface area contributed by atoms with Crippen LogP contribution in [-0.2, 0) is 0 Å². The zero-order valence-corrected chi connectivity index (χ0v) is 17.4. The number of alkyl halides is 2. The van der Waals surface area contributed by atoms with Crippen LogP contribution in [0.3, 0.4) is 0 Å². The molecule has 0 bridgehead atoms. The molecule has 168 valence electrons. The van der Waals surface area contributed by atoms with Crippen molar-refractivity contribution in [2.45, 2.75) is 32.1 Å². The van der Waals surface area contributed by atoms with E-state index in [0.29, 0.717) is 35.7 Å². The summed E-state index contributed by atoms with van der Waals surface area (Å²) < 4.78 is 33.6. The third kappa shape index (κ3) is 9.02. The number of benzene rings is 2. The second-order valence-electron chi connectivity index (χ2n) is 6.84. The Labute approximate surface area is 180 Å². The summed E-state index contributed by atoms with van der Waals surface area (Å²) in [6, 6.07) is 12.6. The van der Waals surface area contributed by atoms with Crippen LogP contribution in [0.15, 0.2) is 48.5 Å². The predicted octanol–water partition coefficient (Wildman–Crippen LogP) is 4.41. The van der Waals surface area contributed by atoms with Gasteiger partial charge in [-0.2, -0.15) is 0 Å². The average Bonchev–Trinajstić information content (AvgIpc) is 2.79. The van der Waals surface area contributed by atoms with E-state index in [1.54, 1.807) is 48.5 Å². The Morgan fingerprint density at radius 2 is 0.968 bits per heavy atom. The fourth-order valence-corrected chi connectivity index (χ4v) is 2.92. The fraction of sp³-hybridized carbons (Fsp3) is 0.391. The number of nitrogens with one attached hydrogen (secondary N) is 2. The summed E-state index contributed by atoms with van der Waals surface area (Å²) in [7, 11) is 0. The molecular weight excluding hydrogens is 406 g/mol. The largest absolute Gasteiger partial charge is 0.463 e. The van der Waals surface area contributed by atoms with Crippen LogP contribution in [-0.4, -0.2) is 38.6 Å². The lowest BCUT2D eigenvalue weighted by molar-refractivity contribution is 0.0945. The lowest BCUT2D eigenvalue weighted by Crippen LogP contribution is -2.24. The molecule has 0 spiro atoms. The van der Waals surface area contributed by atoms with Crippen LogP contribution in [0.5, 0.6) is 11.5 Å². The Morgan fingerprint density at radius 1 is 0.613 bits per heavy atom. The Balaban J connectivity index is 1.49. The minimum atomic E-state index is -0.899. The first-order valence-electron chi connectivity index (χ1n) is 10.3. The number of amides is 2. The highest BCUT2D eigenvalue weighted by Gasteiger charge is 2.06. The van der Waals surface area contributed by atoms with E-state index in [2.05, 4.69) is 10.6 Å². The highest BCUT2D eigenvalue weighted by Crippen LogP contribution is 2.13. The summed E-state index contributed by atoms with van der Waals surface area (Å²) >= 11 is 0. The topological polar surface area (TPSA) is 76.7 Å². The van der Waals surface area contributed by atoms with E-state index >= 15 is 0 Å². The summed E-state index contributed by atoms with van der Waals surface area (Å²) in [5, 5.41) is 5.71. The maximum absolute atomic E-state index is 12.1. The summed E-state index contributed by atoms with van der Waals surface area (Å²) in [6.07, 6.45) is 4.71. The molecule has 0 aliphatic carbocycles. The van der Waals surface area contributed by atoms with Gasteiger partial charge < -0.3 is 20.1 Å². The molecule has 0 heterocycles. The Hall–Kier alpha value is -3.16. The van der Waals surface area contributed by atoms with Crippen molar-refractivity contribution in [3.63, 3.8) is 0 Å². The molecule has 2 rings (SSSR count). The number of hydrogen-bond acceptors (Lipinski definition) is 4. The van der Waals surface area contributed by atoms with Gasteiger partial charge in [0.05, 0.1) is 0 Å². The van der Waals surface area contributed by atoms with Gasteiger partial charge in [0.15, 0.2) is 0 Å². The number of halogens is 2. The zero-order valence-electron chi connectivity index (χ0n) is 17.4. The van der Waals surface area contributed by atoms with Gasteiger partial charge in [-0.25, -0.2) is 8.78 Å². The summed E-state index contributed by atoms with van der Waals surface area (Å²) in [5.74, 6) is 0.435. The van der Waals surface area contributed by atoms with Gasteiger partial charge in [0, 0.05) is 24.2 Å². The van der Waals surface area contributed by atoms with Gasteiger partial charge >= 0.3 is 0 Å². The average molecular weight is 434 g/mol. The van der Waals surface area contributed by atoms with E-state index in [1.807, 2.05) is 0 Å². The molecule has 2 aromatic rings. The summed E-state index contributed by atoms with van der Waals surface area (Å²) in [5.41, 5.74) is 1.01. The number of hydrogen-bond donors (Lipinski definition) is 2. The molecule has 8 heteroatoms. The molecule has 0 fully saturated rings. The van der Waals surface area contributed by atoms with Crippen LogP contribution in [0.2, 0.25) is 0 Å². The smallest absolute Gasteiger partial charge is 0.251 e. The third-order valence-electron chi connectivity index (χ3n) is 4.60. The summed E-state index contributed by atoms with van der Waals surface area (Å²) in [4.78, 5) is 24.1. The van der Waals surface area contributed by atoms with E-state index in [0.717, 1.165) is 32.1 Å². The van der Waals surface area contributed by atoms with Crippen molar-refractivity contribution in [2.24, 2.45) is 0 Å². The molecule has 0 radical (unpaired) electrons. The van der Waals surface area contributed by atoms with E-state index in [9.17, 15) is 18.4 Å². The third-order valence-corrected chi connectivity index (χ3v) is 4.60. The molecule has 2 amide bonds. The van der Waals surface area contributed by atoms with Gasteiger partial charge in [-0.1, -0.05) is 19.3 Å². The number of rotatable bonds is 14. The van der Waals surface area contributed by atoms with Gasteiger partial charge in [-0.15, -0.1) is 0 Å². The van der Waals surface area contributed by atoms with Crippen LogP contribution in [0, 0.1) is 0 Å². The first kappa shape index (κ1) is 24.1. The van der Waals surface area contributed by atoms with Gasteiger partial charge in [-0.3, -0.25) is 9.59 Å². The van der Waals surface area contributed by atoms with E-state index < -0.39 is 13.7 Å². The lowest BCUT2D eigenvalue weighted by Gasteiger charge is -2.07. The van der Waals surface area contributed by atoms with E-state index in [1.165, 1.54) is 0 Å². The Morgan fingerprint density at radius 3 is 1.32 bits per heavy atom. The first-order valence-corrected chi connectivity index (χ1v) is 10.3. The molecule has 0 atom stereocenters. The first-order chi connectivity index (χ1) is 15.1. The maximum atomic E-state index is 12.1. The molecule has 0 aliphatic heterocycles. The zero-order chi connectivity index (χ0) is 22.3. The van der Waals surface area contributed by atoms with Crippen LogP contribution in [0.25, 0.3) is 0 Å². The highest BCUT2D eigenvalue weighted by molar-refractivity contribution is 5.94. The Kier molecular flexibility index (Phi) is 10.9. The molecule has 0 saturated heterocycles. The molecule has 0 saturated carbocycles. The number of carbonyl (C=O) groups excluding carboxylic acids is 2. The minimum Gasteiger partial charge on any atom is -0.463 e. The van der Waals surface area contributed by atoms with Crippen LogP contribution >= 0.6 is 0 Å². The standard InChI is InChI=1S/C23H28F2N2O4/c24-16-30-20-10-6-18(7-11-20)22(28)26-14-4-2-1-3-5-15-27-23(29)19-8-12-21(13-9-19)31-17-25/h6-13H,1-5,14-17H2,(H,26,28)(H,27,29). The van der Waals surface area contributed by atoms with E-state index in [4.69, 9.17) is 9.47 Å². The molecule has 2 aromatic carbocycles. The van der Waals surface area contributed by atoms with Crippen LogP contribution < -0.4 is 20.1 Å². The number of unbranched alkanes of at least 4 members (excludes halogenated alkanes) is 4. The van der Waals surface area contributed by atoms with Crippen molar-refractivity contribution in [3.05, 3.63) is 59.7 Å². The highest BCUT2D eigenvalue weighted by atomic mass is 19.1. The molecule has 31 heavy (non-hydrogen) atoms. The predicted molar refractivity (Wildman–Crippen MR) is 114 cm³/mol. The second-order valence-corrected chi connectivity index (χ2v) is 6.84. The van der Waals surface area contributed by atoms with Gasteiger partial charge in [0.2, 0.25) is 13.7 Å². The fourth-order valence-electron chi connectivity index (χ4n) is 2.92. The van der Waals surface area contributed by atoms with Crippen molar-refractivity contribution in [1.29, 1.82) is 0 Å². The van der Waals surface area contributed by atoms with Gasteiger partial charge in [0.25, 0.3) is 11.8 Å². The second kappa shape index (κ2) is 14.0. The van der Waals surface area contributed by atoms with Crippen LogP contribution in [0.4, 0.5) is 8.78 Å². The SMILES string of the molecule is O=C(NCCCCCCCNC(=O)c1ccc(OCF)cc1)c1ccc(OCF)cc1. The van der Waals surface area contributed by atoms with Crippen molar-refractivity contribution in [1.82, 2.24) is 10.6 Å². The molecular formula is C23H28F2N2O4. The lowest BCUT2D eigenvalue weighted by atomic mass is 10.1. The molecule has 6 nitrogen and oxygen atoms in total. The van der Waals surface area contributed by atoms with E-state index in [-0.39, 0.29) is 11.8 Å². The molecule has 0 aliphatic rings.